The summed E-state index contributed by atoms with van der Waals surface area (Å²) < 4.78 is 8.03. The molecule has 1 N–H and O–H groups in total. The Labute approximate surface area is 143 Å². The molecule has 0 aliphatic heterocycles. The van der Waals surface area contributed by atoms with Crippen LogP contribution in [0.4, 0.5) is 0 Å². The van der Waals surface area contributed by atoms with E-state index in [2.05, 4.69) is 42.7 Å². The van der Waals surface area contributed by atoms with E-state index in [1.165, 1.54) is 5.56 Å². The van der Waals surface area contributed by atoms with Crippen molar-refractivity contribution in [2.45, 2.75) is 26.2 Å². The monoisotopic (exact) mass is 323 g/mol. The van der Waals surface area contributed by atoms with Crippen LogP contribution in [0.5, 0.6) is 5.75 Å². The zero-order valence-corrected chi connectivity index (χ0v) is 14.2. The zero-order chi connectivity index (χ0) is 16.6. The van der Waals surface area contributed by atoms with Crippen LogP contribution in [0.3, 0.4) is 0 Å². The van der Waals surface area contributed by atoms with Crippen LogP contribution < -0.4 is 10.1 Å². The van der Waals surface area contributed by atoms with Crippen molar-refractivity contribution in [1.82, 2.24) is 14.7 Å². The van der Waals surface area contributed by atoms with Crippen LogP contribution >= 0.6 is 0 Å². The third kappa shape index (κ3) is 4.36. The van der Waals surface area contributed by atoms with E-state index >= 15 is 0 Å². The predicted octanol–water partition coefficient (Wildman–Crippen LogP) is 3.50. The van der Waals surface area contributed by atoms with Crippen LogP contribution in [0.15, 0.2) is 54.9 Å². The molecule has 0 radical (unpaired) electrons. The van der Waals surface area contributed by atoms with Gasteiger partial charge in [-0.3, -0.25) is 0 Å². The number of rotatable bonds is 9. The summed E-state index contributed by atoms with van der Waals surface area (Å²) in [7, 11) is 0. The molecule has 126 valence electrons. The van der Waals surface area contributed by atoms with Gasteiger partial charge in [0.1, 0.15) is 0 Å². The largest absolute Gasteiger partial charge is 0.490 e. The average molecular weight is 323 g/mol. The van der Waals surface area contributed by atoms with E-state index < -0.39 is 0 Å². The standard InChI is InChI=1S/C20H25N3O/c1-2-21-13-12-18-16-23-14-6-11-19(20(23)22-18)24-15-7-10-17-8-4-3-5-9-17/h3-6,8-9,11,14,16,21H,2,7,10,12-13,15H2,1H3. The van der Waals surface area contributed by atoms with Gasteiger partial charge in [-0.25, -0.2) is 4.98 Å². The number of ether oxygens (including phenoxy) is 1. The Bertz CT molecular complexity index is 752. The molecule has 24 heavy (non-hydrogen) atoms. The van der Waals surface area contributed by atoms with Crippen LogP contribution in [0, 0.1) is 0 Å². The maximum atomic E-state index is 5.98. The van der Waals surface area contributed by atoms with Crippen molar-refractivity contribution >= 4 is 5.65 Å². The Kier molecular flexibility index (Phi) is 5.85. The fraction of sp³-hybridized carbons (Fsp3) is 0.350. The summed E-state index contributed by atoms with van der Waals surface area (Å²) in [5, 5.41) is 3.33. The minimum absolute atomic E-state index is 0.703. The number of aryl methyl sites for hydroxylation is 1. The Morgan fingerprint density at radius 1 is 1.08 bits per heavy atom. The van der Waals surface area contributed by atoms with E-state index in [0.717, 1.165) is 49.4 Å². The molecule has 4 heteroatoms. The molecule has 2 heterocycles. The number of imidazole rings is 1. The average Bonchev–Trinajstić information content (AvgIpc) is 3.03. The SMILES string of the molecule is CCNCCc1cn2cccc(OCCCc3ccccc3)c2n1. The molecular formula is C20H25N3O. The van der Waals surface area contributed by atoms with E-state index in [-0.39, 0.29) is 0 Å². The summed E-state index contributed by atoms with van der Waals surface area (Å²) in [6.07, 6.45) is 7.08. The number of nitrogens with one attached hydrogen (secondary N) is 1. The lowest BCUT2D eigenvalue weighted by atomic mass is 10.1. The Hall–Kier alpha value is -2.33. The van der Waals surface area contributed by atoms with Gasteiger partial charge in [0.2, 0.25) is 0 Å². The summed E-state index contributed by atoms with van der Waals surface area (Å²) in [5.41, 5.74) is 3.35. The summed E-state index contributed by atoms with van der Waals surface area (Å²) in [6, 6.07) is 14.5. The van der Waals surface area contributed by atoms with Crippen LogP contribution in [0.25, 0.3) is 5.65 Å². The number of pyridine rings is 1. The molecule has 0 spiro atoms. The molecule has 0 fully saturated rings. The van der Waals surface area contributed by atoms with Gasteiger partial charge in [0, 0.05) is 25.4 Å². The number of fused-ring (bicyclic) bond motifs is 1. The predicted molar refractivity (Wildman–Crippen MR) is 97.7 cm³/mol. The highest BCUT2D eigenvalue weighted by molar-refractivity contribution is 5.54. The topological polar surface area (TPSA) is 38.6 Å². The molecule has 3 rings (SSSR count). The molecule has 0 bridgehead atoms. The smallest absolute Gasteiger partial charge is 0.179 e. The normalized spacial score (nSPS) is 11.0. The fourth-order valence-corrected chi connectivity index (χ4v) is 2.77. The van der Waals surface area contributed by atoms with Crippen molar-refractivity contribution in [3.8, 4) is 5.75 Å². The van der Waals surface area contributed by atoms with Crippen LogP contribution in [-0.4, -0.2) is 29.1 Å². The van der Waals surface area contributed by atoms with Crippen LogP contribution in [0.2, 0.25) is 0 Å². The van der Waals surface area contributed by atoms with Gasteiger partial charge in [0.25, 0.3) is 0 Å². The van der Waals surface area contributed by atoms with Gasteiger partial charge in [-0.15, -0.1) is 0 Å². The van der Waals surface area contributed by atoms with Gasteiger partial charge < -0.3 is 14.5 Å². The maximum Gasteiger partial charge on any atom is 0.179 e. The molecule has 0 saturated carbocycles. The Balaban J connectivity index is 1.57. The van der Waals surface area contributed by atoms with E-state index in [1.807, 2.05) is 28.8 Å². The van der Waals surface area contributed by atoms with Crippen molar-refractivity contribution < 1.29 is 4.74 Å². The minimum atomic E-state index is 0.703. The van der Waals surface area contributed by atoms with Crippen molar-refractivity contribution in [2.75, 3.05) is 19.7 Å². The van der Waals surface area contributed by atoms with E-state index in [1.54, 1.807) is 0 Å². The molecule has 0 unspecified atom stereocenters. The summed E-state index contributed by atoms with van der Waals surface area (Å²) >= 11 is 0. The van der Waals surface area contributed by atoms with E-state index in [0.29, 0.717) is 6.61 Å². The third-order valence-electron chi connectivity index (χ3n) is 4.01. The molecular weight excluding hydrogens is 298 g/mol. The second-order valence-electron chi connectivity index (χ2n) is 5.88. The van der Waals surface area contributed by atoms with Crippen molar-refractivity contribution in [1.29, 1.82) is 0 Å². The Morgan fingerprint density at radius 2 is 1.96 bits per heavy atom. The number of nitrogens with zero attached hydrogens (tertiary/aromatic N) is 2. The number of likely N-dealkylation sites (N-methyl/N-ethyl adjacent to an activating group) is 1. The summed E-state index contributed by atoms with van der Waals surface area (Å²) in [6.45, 7) is 4.76. The summed E-state index contributed by atoms with van der Waals surface area (Å²) in [5.74, 6) is 0.861. The highest BCUT2D eigenvalue weighted by Crippen LogP contribution is 2.19. The Morgan fingerprint density at radius 3 is 2.79 bits per heavy atom. The van der Waals surface area contributed by atoms with Gasteiger partial charge in [-0.1, -0.05) is 37.3 Å². The molecule has 0 amide bonds. The lowest BCUT2D eigenvalue weighted by Crippen LogP contribution is -2.16. The van der Waals surface area contributed by atoms with Crippen molar-refractivity contribution in [2.24, 2.45) is 0 Å². The van der Waals surface area contributed by atoms with Gasteiger partial charge in [-0.05, 0) is 37.1 Å². The van der Waals surface area contributed by atoms with E-state index in [4.69, 9.17) is 9.72 Å². The van der Waals surface area contributed by atoms with Crippen molar-refractivity contribution in [3.05, 3.63) is 66.1 Å². The first-order valence-electron chi connectivity index (χ1n) is 8.71. The summed E-state index contributed by atoms with van der Waals surface area (Å²) in [4.78, 5) is 4.72. The number of aromatic nitrogens is 2. The maximum absolute atomic E-state index is 5.98. The molecule has 0 atom stereocenters. The fourth-order valence-electron chi connectivity index (χ4n) is 2.77. The lowest BCUT2D eigenvalue weighted by molar-refractivity contribution is 0.313. The number of hydrogen-bond donors (Lipinski definition) is 1. The first-order chi connectivity index (χ1) is 11.9. The van der Waals surface area contributed by atoms with Crippen LogP contribution in [-0.2, 0) is 12.8 Å². The van der Waals surface area contributed by atoms with Gasteiger partial charge in [0.15, 0.2) is 11.4 Å². The second-order valence-corrected chi connectivity index (χ2v) is 5.88. The first-order valence-corrected chi connectivity index (χ1v) is 8.71. The second kappa shape index (κ2) is 8.50. The minimum Gasteiger partial charge on any atom is -0.490 e. The highest BCUT2D eigenvalue weighted by Gasteiger charge is 2.07. The lowest BCUT2D eigenvalue weighted by Gasteiger charge is -2.07. The first kappa shape index (κ1) is 16.5. The molecule has 0 saturated heterocycles. The quantitative estimate of drug-likeness (QED) is 0.613. The van der Waals surface area contributed by atoms with Gasteiger partial charge in [0.05, 0.1) is 12.3 Å². The molecule has 0 aliphatic rings. The molecule has 3 aromatic rings. The third-order valence-corrected chi connectivity index (χ3v) is 4.01. The molecule has 2 aromatic heterocycles. The van der Waals surface area contributed by atoms with E-state index in [9.17, 15) is 0 Å². The van der Waals surface area contributed by atoms with Gasteiger partial charge in [-0.2, -0.15) is 0 Å². The molecule has 0 aliphatic carbocycles. The molecule has 1 aromatic carbocycles. The van der Waals surface area contributed by atoms with Crippen LogP contribution in [0.1, 0.15) is 24.6 Å². The number of benzene rings is 1. The van der Waals surface area contributed by atoms with Crippen molar-refractivity contribution in [3.63, 3.8) is 0 Å². The zero-order valence-electron chi connectivity index (χ0n) is 14.2. The highest BCUT2D eigenvalue weighted by atomic mass is 16.5. The number of hydrogen-bond acceptors (Lipinski definition) is 3. The van der Waals surface area contributed by atoms with Gasteiger partial charge >= 0.3 is 0 Å². The molecule has 4 nitrogen and oxygen atoms in total.